The van der Waals surface area contributed by atoms with Crippen LogP contribution in [0.1, 0.15) is 13.3 Å². The molecule has 0 aliphatic rings. The molecule has 1 atom stereocenters. The van der Waals surface area contributed by atoms with Gasteiger partial charge < -0.3 is 20.5 Å². The molecule has 0 amide bonds. The van der Waals surface area contributed by atoms with Gasteiger partial charge in [0, 0.05) is 13.6 Å². The Morgan fingerprint density at radius 2 is 2.00 bits per heavy atom. The van der Waals surface area contributed by atoms with Crippen LogP contribution in [0.3, 0.4) is 0 Å². The minimum atomic E-state index is -0.416. The number of nitrogens with zero attached hydrogens (tertiary/aromatic N) is 3. The first-order chi connectivity index (χ1) is 7.69. The second-order valence-corrected chi connectivity index (χ2v) is 3.16. The van der Waals surface area contributed by atoms with E-state index < -0.39 is 6.10 Å². The van der Waals surface area contributed by atoms with Crippen molar-refractivity contribution in [3.63, 3.8) is 0 Å². The maximum absolute atomic E-state index is 9.39. The van der Waals surface area contributed by atoms with E-state index in [1.807, 2.05) is 6.92 Å². The molecular weight excluding hydrogens is 210 g/mol. The first kappa shape index (κ1) is 12.4. The first-order valence-corrected chi connectivity index (χ1v) is 5.09. The van der Waals surface area contributed by atoms with E-state index in [1.54, 1.807) is 7.05 Å². The Balaban J connectivity index is 2.71. The van der Waals surface area contributed by atoms with Crippen LogP contribution in [0, 0.1) is 0 Å². The first-order valence-electron chi connectivity index (χ1n) is 5.09. The summed E-state index contributed by atoms with van der Waals surface area (Å²) in [5.41, 5.74) is 0. The maximum Gasteiger partial charge on any atom is 0.322 e. The average molecular weight is 227 g/mol. The van der Waals surface area contributed by atoms with Gasteiger partial charge in [-0.25, -0.2) is 0 Å². The third-order valence-corrected chi connectivity index (χ3v) is 1.99. The van der Waals surface area contributed by atoms with Gasteiger partial charge in [-0.2, -0.15) is 15.0 Å². The lowest BCUT2D eigenvalue weighted by molar-refractivity contribution is 0.183. The number of rotatable bonds is 6. The number of nitrogens with one attached hydrogen (secondary N) is 2. The summed E-state index contributed by atoms with van der Waals surface area (Å²) >= 11 is 0. The number of anilines is 2. The Morgan fingerprint density at radius 1 is 1.31 bits per heavy atom. The zero-order valence-electron chi connectivity index (χ0n) is 9.69. The fourth-order valence-corrected chi connectivity index (χ4v) is 0.992. The van der Waals surface area contributed by atoms with Gasteiger partial charge in [0.1, 0.15) is 0 Å². The molecule has 16 heavy (non-hydrogen) atoms. The molecule has 0 spiro atoms. The summed E-state index contributed by atoms with van der Waals surface area (Å²) in [7, 11) is 3.19. The van der Waals surface area contributed by atoms with Crippen LogP contribution < -0.4 is 15.4 Å². The van der Waals surface area contributed by atoms with E-state index in [0.29, 0.717) is 24.9 Å². The highest BCUT2D eigenvalue weighted by Gasteiger charge is 2.06. The van der Waals surface area contributed by atoms with Crippen molar-refractivity contribution in [2.24, 2.45) is 0 Å². The SMILES string of the molecule is CCC(O)CNc1nc(NC)nc(OC)n1. The van der Waals surface area contributed by atoms with Crippen molar-refractivity contribution < 1.29 is 9.84 Å². The number of aromatic nitrogens is 3. The van der Waals surface area contributed by atoms with Gasteiger partial charge in [0.2, 0.25) is 11.9 Å². The van der Waals surface area contributed by atoms with Crippen LogP contribution in [0.4, 0.5) is 11.9 Å². The van der Waals surface area contributed by atoms with Crippen LogP contribution in [-0.4, -0.2) is 46.9 Å². The summed E-state index contributed by atoms with van der Waals surface area (Å²) in [4.78, 5) is 12.0. The molecule has 1 heterocycles. The van der Waals surface area contributed by atoms with Gasteiger partial charge in [-0.05, 0) is 6.42 Å². The Morgan fingerprint density at radius 3 is 2.56 bits per heavy atom. The molecule has 0 bridgehead atoms. The molecular formula is C9H17N5O2. The van der Waals surface area contributed by atoms with E-state index >= 15 is 0 Å². The molecule has 90 valence electrons. The van der Waals surface area contributed by atoms with Crippen molar-refractivity contribution in [3.8, 4) is 6.01 Å². The van der Waals surface area contributed by atoms with Crippen LogP contribution >= 0.6 is 0 Å². The third-order valence-electron chi connectivity index (χ3n) is 1.99. The molecule has 3 N–H and O–H groups in total. The second kappa shape index (κ2) is 6.06. The predicted octanol–water partition coefficient (Wildman–Crippen LogP) is 0.105. The van der Waals surface area contributed by atoms with Crippen molar-refractivity contribution in [3.05, 3.63) is 0 Å². The number of hydrogen-bond donors (Lipinski definition) is 3. The van der Waals surface area contributed by atoms with Crippen LogP contribution in [0.2, 0.25) is 0 Å². The van der Waals surface area contributed by atoms with E-state index in [9.17, 15) is 5.11 Å². The number of aliphatic hydroxyl groups is 1. The van der Waals surface area contributed by atoms with Crippen molar-refractivity contribution >= 4 is 11.9 Å². The Bertz CT molecular complexity index is 311. The molecule has 0 saturated carbocycles. The fourth-order valence-electron chi connectivity index (χ4n) is 0.992. The lowest BCUT2D eigenvalue weighted by Gasteiger charge is -2.10. The highest BCUT2D eigenvalue weighted by atomic mass is 16.5. The Labute approximate surface area is 94.3 Å². The van der Waals surface area contributed by atoms with E-state index in [0.717, 1.165) is 0 Å². The minimum Gasteiger partial charge on any atom is -0.467 e. The highest BCUT2D eigenvalue weighted by molar-refractivity contribution is 5.35. The molecule has 1 rings (SSSR count). The minimum absolute atomic E-state index is 0.229. The van der Waals surface area contributed by atoms with Crippen molar-refractivity contribution in [2.45, 2.75) is 19.4 Å². The number of methoxy groups -OCH3 is 1. The molecule has 1 aromatic rings. The normalized spacial score (nSPS) is 12.0. The molecule has 7 heteroatoms. The molecule has 1 unspecified atom stereocenters. The number of hydrogen-bond acceptors (Lipinski definition) is 7. The molecule has 7 nitrogen and oxygen atoms in total. The van der Waals surface area contributed by atoms with Crippen LogP contribution in [0.25, 0.3) is 0 Å². The molecule has 0 saturated heterocycles. The summed E-state index contributed by atoms with van der Waals surface area (Å²) in [6, 6.07) is 0.229. The summed E-state index contributed by atoms with van der Waals surface area (Å²) < 4.78 is 4.93. The number of aliphatic hydroxyl groups excluding tert-OH is 1. The quantitative estimate of drug-likeness (QED) is 0.635. The molecule has 0 aliphatic heterocycles. The highest BCUT2D eigenvalue weighted by Crippen LogP contribution is 2.10. The second-order valence-electron chi connectivity index (χ2n) is 3.16. The van der Waals surface area contributed by atoms with Crippen LogP contribution in [-0.2, 0) is 0 Å². The number of ether oxygens (including phenoxy) is 1. The summed E-state index contributed by atoms with van der Waals surface area (Å²) in [5, 5.41) is 15.1. The predicted molar refractivity (Wildman–Crippen MR) is 60.7 cm³/mol. The zero-order valence-corrected chi connectivity index (χ0v) is 9.69. The van der Waals surface area contributed by atoms with Crippen LogP contribution in [0.5, 0.6) is 6.01 Å². The molecule has 0 aromatic carbocycles. The largest absolute Gasteiger partial charge is 0.467 e. The smallest absolute Gasteiger partial charge is 0.322 e. The Kier molecular flexibility index (Phi) is 4.71. The monoisotopic (exact) mass is 227 g/mol. The van der Waals surface area contributed by atoms with Gasteiger partial charge in [0.15, 0.2) is 0 Å². The van der Waals surface area contributed by atoms with Gasteiger partial charge in [-0.1, -0.05) is 6.92 Å². The molecule has 0 aliphatic carbocycles. The molecule has 1 aromatic heterocycles. The van der Waals surface area contributed by atoms with Gasteiger partial charge in [0.25, 0.3) is 0 Å². The maximum atomic E-state index is 9.39. The van der Waals surface area contributed by atoms with E-state index in [2.05, 4.69) is 25.6 Å². The van der Waals surface area contributed by atoms with Crippen molar-refractivity contribution in [1.29, 1.82) is 0 Å². The Hall–Kier alpha value is -1.63. The summed E-state index contributed by atoms with van der Waals surface area (Å²) in [5.74, 6) is 0.795. The summed E-state index contributed by atoms with van der Waals surface area (Å²) in [6.07, 6.45) is 0.259. The van der Waals surface area contributed by atoms with Crippen molar-refractivity contribution in [1.82, 2.24) is 15.0 Å². The summed E-state index contributed by atoms with van der Waals surface area (Å²) in [6.45, 7) is 2.30. The molecule has 0 radical (unpaired) electrons. The average Bonchev–Trinajstić information content (AvgIpc) is 2.35. The van der Waals surface area contributed by atoms with E-state index in [1.165, 1.54) is 7.11 Å². The van der Waals surface area contributed by atoms with E-state index in [-0.39, 0.29) is 6.01 Å². The lowest BCUT2D eigenvalue weighted by atomic mass is 10.3. The third kappa shape index (κ3) is 3.50. The van der Waals surface area contributed by atoms with Crippen molar-refractivity contribution in [2.75, 3.05) is 31.3 Å². The zero-order chi connectivity index (χ0) is 12.0. The van der Waals surface area contributed by atoms with E-state index in [4.69, 9.17) is 4.74 Å². The molecule has 0 fully saturated rings. The standard InChI is InChI=1S/C9H17N5O2/c1-4-6(15)5-11-8-12-7(10-2)13-9(14-8)16-3/h6,15H,4-5H2,1-3H3,(H2,10,11,12,13,14). The lowest BCUT2D eigenvalue weighted by Crippen LogP contribution is -2.20. The topological polar surface area (TPSA) is 92.2 Å². The fraction of sp³-hybridized carbons (Fsp3) is 0.667. The van der Waals surface area contributed by atoms with Gasteiger partial charge in [-0.3, -0.25) is 0 Å². The van der Waals surface area contributed by atoms with Crippen LogP contribution in [0.15, 0.2) is 0 Å². The van der Waals surface area contributed by atoms with Gasteiger partial charge >= 0.3 is 6.01 Å². The van der Waals surface area contributed by atoms with Gasteiger partial charge in [0.05, 0.1) is 13.2 Å². The van der Waals surface area contributed by atoms with Gasteiger partial charge in [-0.15, -0.1) is 0 Å².